The van der Waals surface area contributed by atoms with Crippen molar-refractivity contribution in [1.29, 1.82) is 0 Å². The molecule has 4 heteroatoms. The first kappa shape index (κ1) is 11.3. The van der Waals surface area contributed by atoms with Crippen LogP contribution in [0, 0.1) is 13.8 Å². The summed E-state index contributed by atoms with van der Waals surface area (Å²) in [6.07, 6.45) is 0. The van der Waals surface area contributed by atoms with Gasteiger partial charge in [0, 0.05) is 17.0 Å². The van der Waals surface area contributed by atoms with Gasteiger partial charge in [0.15, 0.2) is 0 Å². The van der Waals surface area contributed by atoms with E-state index in [1.54, 1.807) is 11.3 Å². The van der Waals surface area contributed by atoms with Crippen molar-refractivity contribution in [3.63, 3.8) is 0 Å². The van der Waals surface area contributed by atoms with Gasteiger partial charge in [0.25, 0.3) is 0 Å². The van der Waals surface area contributed by atoms with E-state index in [1.807, 2.05) is 6.92 Å². The van der Waals surface area contributed by atoms with Gasteiger partial charge < -0.3 is 0 Å². The summed E-state index contributed by atoms with van der Waals surface area (Å²) in [6, 6.07) is 8.39. The van der Waals surface area contributed by atoms with Gasteiger partial charge in [-0.25, -0.2) is 4.98 Å². The van der Waals surface area contributed by atoms with Crippen LogP contribution in [0.2, 0.25) is 0 Å². The highest BCUT2D eigenvalue weighted by atomic mass is 32.1. The van der Waals surface area contributed by atoms with Crippen LogP contribution in [0.5, 0.6) is 0 Å². The van der Waals surface area contributed by atoms with E-state index in [0.29, 0.717) is 6.54 Å². The first-order chi connectivity index (χ1) is 7.70. The lowest BCUT2D eigenvalue weighted by molar-refractivity contribution is 0.746. The molecule has 3 N–H and O–H groups in total. The maximum atomic E-state index is 5.33. The Bertz CT molecular complexity index is 491. The summed E-state index contributed by atoms with van der Waals surface area (Å²) >= 11 is 1.69. The van der Waals surface area contributed by atoms with Gasteiger partial charge in [-0.2, -0.15) is 0 Å². The molecule has 0 spiro atoms. The summed E-state index contributed by atoms with van der Waals surface area (Å²) in [7, 11) is 0. The summed E-state index contributed by atoms with van der Waals surface area (Å²) < 4.78 is 0. The normalized spacial score (nSPS) is 10.7. The first-order valence-electron chi connectivity index (χ1n) is 5.17. The quantitative estimate of drug-likeness (QED) is 0.632. The number of thiazole rings is 1. The van der Waals surface area contributed by atoms with Crippen molar-refractivity contribution in [1.82, 2.24) is 10.4 Å². The van der Waals surface area contributed by atoms with Crippen LogP contribution in [0.1, 0.15) is 16.1 Å². The molecule has 1 heterocycles. The highest BCUT2D eigenvalue weighted by Gasteiger charge is 2.08. The molecule has 0 aliphatic carbocycles. The fourth-order valence-electron chi connectivity index (χ4n) is 1.59. The van der Waals surface area contributed by atoms with Crippen LogP contribution < -0.4 is 11.3 Å². The number of aromatic nitrogens is 1. The van der Waals surface area contributed by atoms with Crippen LogP contribution in [-0.4, -0.2) is 4.98 Å². The molecule has 2 rings (SSSR count). The van der Waals surface area contributed by atoms with Gasteiger partial charge >= 0.3 is 0 Å². The molecular weight excluding hydrogens is 218 g/mol. The van der Waals surface area contributed by atoms with Crippen LogP contribution in [0.4, 0.5) is 0 Å². The van der Waals surface area contributed by atoms with E-state index in [9.17, 15) is 0 Å². The largest absolute Gasteiger partial charge is 0.271 e. The molecule has 0 aliphatic rings. The minimum atomic E-state index is 0.676. The average Bonchev–Trinajstić information content (AvgIpc) is 2.61. The van der Waals surface area contributed by atoms with Crippen molar-refractivity contribution in [3.05, 3.63) is 40.4 Å². The van der Waals surface area contributed by atoms with E-state index in [-0.39, 0.29) is 0 Å². The number of rotatable bonds is 3. The monoisotopic (exact) mass is 233 g/mol. The molecule has 0 saturated heterocycles. The third-order valence-electron chi connectivity index (χ3n) is 2.42. The Kier molecular flexibility index (Phi) is 3.33. The second-order valence-corrected chi connectivity index (χ2v) is 4.86. The van der Waals surface area contributed by atoms with E-state index in [4.69, 9.17) is 5.84 Å². The summed E-state index contributed by atoms with van der Waals surface area (Å²) in [5.74, 6) is 5.33. The van der Waals surface area contributed by atoms with Crippen molar-refractivity contribution in [2.24, 2.45) is 5.84 Å². The second-order valence-electron chi connectivity index (χ2n) is 3.78. The van der Waals surface area contributed by atoms with E-state index in [2.05, 4.69) is 41.6 Å². The smallest absolute Gasteiger partial charge is 0.123 e. The van der Waals surface area contributed by atoms with E-state index < -0.39 is 0 Å². The molecule has 1 aromatic heterocycles. The minimum Gasteiger partial charge on any atom is -0.271 e. The number of aryl methyl sites for hydroxylation is 2. The van der Waals surface area contributed by atoms with Gasteiger partial charge in [-0.05, 0) is 19.9 Å². The maximum Gasteiger partial charge on any atom is 0.123 e. The zero-order valence-electron chi connectivity index (χ0n) is 9.45. The third kappa shape index (κ3) is 2.29. The summed E-state index contributed by atoms with van der Waals surface area (Å²) in [4.78, 5) is 5.76. The minimum absolute atomic E-state index is 0.676. The Labute approximate surface area is 99.3 Å². The topological polar surface area (TPSA) is 50.9 Å². The maximum absolute atomic E-state index is 5.33. The molecule has 0 fully saturated rings. The average molecular weight is 233 g/mol. The van der Waals surface area contributed by atoms with Crippen LogP contribution >= 0.6 is 11.3 Å². The zero-order valence-corrected chi connectivity index (χ0v) is 10.3. The number of nitrogens with zero attached hydrogens (tertiary/aromatic N) is 1. The Morgan fingerprint density at radius 1 is 1.38 bits per heavy atom. The Morgan fingerprint density at radius 3 is 2.88 bits per heavy atom. The van der Waals surface area contributed by atoms with Crippen LogP contribution in [-0.2, 0) is 6.54 Å². The molecule has 2 aromatic rings. The van der Waals surface area contributed by atoms with Crippen LogP contribution in [0.15, 0.2) is 24.3 Å². The van der Waals surface area contributed by atoms with Crippen LogP contribution in [0.25, 0.3) is 10.6 Å². The standard InChI is InChI=1S/C12H15N3S/c1-8-4-3-5-10(6-8)12-15-9(2)11(16-12)7-14-13/h3-6,14H,7,13H2,1-2H3. The lowest BCUT2D eigenvalue weighted by atomic mass is 10.1. The molecule has 0 atom stereocenters. The second kappa shape index (κ2) is 4.74. The summed E-state index contributed by atoms with van der Waals surface area (Å²) in [5, 5.41) is 1.06. The van der Waals surface area contributed by atoms with E-state index in [0.717, 1.165) is 10.7 Å². The predicted molar refractivity (Wildman–Crippen MR) is 68.1 cm³/mol. The summed E-state index contributed by atoms with van der Waals surface area (Å²) in [6.45, 7) is 4.78. The van der Waals surface area contributed by atoms with Gasteiger partial charge in [-0.3, -0.25) is 11.3 Å². The van der Waals surface area contributed by atoms with Crippen molar-refractivity contribution in [3.8, 4) is 10.6 Å². The molecule has 84 valence electrons. The number of hydrogen-bond acceptors (Lipinski definition) is 4. The molecule has 16 heavy (non-hydrogen) atoms. The van der Waals surface area contributed by atoms with Crippen molar-refractivity contribution in [2.75, 3.05) is 0 Å². The molecule has 3 nitrogen and oxygen atoms in total. The molecule has 0 aliphatic heterocycles. The predicted octanol–water partition coefficient (Wildman–Crippen LogP) is 2.39. The Hall–Kier alpha value is -1.23. The molecule has 0 saturated carbocycles. The highest BCUT2D eigenvalue weighted by Crippen LogP contribution is 2.28. The fraction of sp³-hybridized carbons (Fsp3) is 0.250. The van der Waals surface area contributed by atoms with Crippen molar-refractivity contribution < 1.29 is 0 Å². The zero-order chi connectivity index (χ0) is 11.5. The lowest BCUT2D eigenvalue weighted by Gasteiger charge is -1.97. The van der Waals surface area contributed by atoms with Crippen LogP contribution in [0.3, 0.4) is 0 Å². The van der Waals surface area contributed by atoms with Gasteiger partial charge in [-0.15, -0.1) is 11.3 Å². The number of hydrogen-bond donors (Lipinski definition) is 2. The van der Waals surface area contributed by atoms with Gasteiger partial charge in [0.2, 0.25) is 0 Å². The SMILES string of the molecule is Cc1cccc(-c2nc(C)c(CNN)s2)c1. The van der Waals surface area contributed by atoms with Gasteiger partial charge in [0.1, 0.15) is 5.01 Å². The Morgan fingerprint density at radius 2 is 2.19 bits per heavy atom. The number of nitrogens with one attached hydrogen (secondary N) is 1. The van der Waals surface area contributed by atoms with Gasteiger partial charge in [-0.1, -0.05) is 23.8 Å². The Balaban J connectivity index is 2.37. The lowest BCUT2D eigenvalue weighted by Crippen LogP contribution is -2.20. The molecular formula is C12H15N3S. The van der Waals surface area contributed by atoms with Crippen molar-refractivity contribution >= 4 is 11.3 Å². The molecule has 0 amide bonds. The first-order valence-corrected chi connectivity index (χ1v) is 5.99. The number of benzene rings is 1. The molecule has 0 bridgehead atoms. The molecule has 1 aromatic carbocycles. The van der Waals surface area contributed by atoms with E-state index >= 15 is 0 Å². The van der Waals surface area contributed by atoms with E-state index in [1.165, 1.54) is 16.0 Å². The fourth-order valence-corrected chi connectivity index (χ4v) is 2.60. The highest BCUT2D eigenvalue weighted by molar-refractivity contribution is 7.15. The molecule has 0 radical (unpaired) electrons. The van der Waals surface area contributed by atoms with Gasteiger partial charge in [0.05, 0.1) is 5.69 Å². The molecule has 0 unspecified atom stereocenters. The number of nitrogens with two attached hydrogens (primary N) is 1. The van der Waals surface area contributed by atoms with Crippen molar-refractivity contribution in [2.45, 2.75) is 20.4 Å². The number of hydrazine groups is 1. The summed E-state index contributed by atoms with van der Waals surface area (Å²) in [5.41, 5.74) is 6.16. The third-order valence-corrected chi connectivity index (χ3v) is 3.63.